The van der Waals surface area contributed by atoms with Crippen molar-refractivity contribution in [3.8, 4) is 28.2 Å². The van der Waals surface area contributed by atoms with Crippen molar-refractivity contribution in [2.75, 3.05) is 0 Å². The molecule has 0 fully saturated rings. The Kier molecular flexibility index (Phi) is 5.00. The van der Waals surface area contributed by atoms with Gasteiger partial charge in [-0.05, 0) is 37.3 Å². The zero-order valence-electron chi connectivity index (χ0n) is 15.6. The molecular weight excluding hydrogens is 406 g/mol. The zero-order valence-corrected chi connectivity index (χ0v) is 17.2. The van der Waals surface area contributed by atoms with Gasteiger partial charge < -0.3 is 0 Å². The molecule has 0 aliphatic rings. The van der Waals surface area contributed by atoms with E-state index in [2.05, 4.69) is 0 Å². The lowest BCUT2D eigenvalue weighted by atomic mass is 10.1. The van der Waals surface area contributed by atoms with E-state index in [0.717, 1.165) is 22.4 Å². The van der Waals surface area contributed by atoms with Gasteiger partial charge in [-0.25, -0.2) is 18.2 Å². The van der Waals surface area contributed by atoms with Crippen molar-refractivity contribution in [3.63, 3.8) is 0 Å². The summed E-state index contributed by atoms with van der Waals surface area (Å²) in [5.74, 6) is 0. The fraction of sp³-hybridized carbons (Fsp3) is 0.0455. The van der Waals surface area contributed by atoms with Crippen molar-refractivity contribution >= 4 is 21.6 Å². The van der Waals surface area contributed by atoms with Gasteiger partial charge in [0.2, 0.25) is 10.0 Å². The molecule has 1 heterocycles. The van der Waals surface area contributed by atoms with Crippen LogP contribution in [0.2, 0.25) is 5.02 Å². The van der Waals surface area contributed by atoms with Crippen LogP contribution in [-0.4, -0.2) is 18.2 Å². The Morgan fingerprint density at radius 3 is 2.17 bits per heavy atom. The van der Waals surface area contributed by atoms with Crippen LogP contribution in [0.15, 0.2) is 83.8 Å². The highest BCUT2D eigenvalue weighted by Gasteiger charge is 2.20. The minimum absolute atomic E-state index is 0.0131. The maximum absolute atomic E-state index is 12.2. The Morgan fingerprint density at radius 2 is 1.52 bits per heavy atom. The Hall–Kier alpha value is -2.93. The zero-order chi connectivity index (χ0) is 20.6. The molecule has 5 nitrogen and oxygen atoms in total. The van der Waals surface area contributed by atoms with Gasteiger partial charge in [-0.1, -0.05) is 65.7 Å². The first-order chi connectivity index (χ1) is 13.8. The molecule has 0 spiro atoms. The van der Waals surface area contributed by atoms with Gasteiger partial charge in [0.05, 0.1) is 17.1 Å². The summed E-state index contributed by atoms with van der Waals surface area (Å²) >= 11 is 6.01. The van der Waals surface area contributed by atoms with Crippen LogP contribution in [0.4, 0.5) is 0 Å². The van der Waals surface area contributed by atoms with Gasteiger partial charge in [0.25, 0.3) is 0 Å². The van der Waals surface area contributed by atoms with Crippen LogP contribution in [0.25, 0.3) is 28.2 Å². The van der Waals surface area contributed by atoms with E-state index in [4.69, 9.17) is 21.8 Å². The highest BCUT2D eigenvalue weighted by molar-refractivity contribution is 7.89. The second kappa shape index (κ2) is 7.48. The first-order valence-electron chi connectivity index (χ1n) is 8.88. The van der Waals surface area contributed by atoms with E-state index in [9.17, 15) is 8.42 Å². The van der Waals surface area contributed by atoms with Crippen molar-refractivity contribution < 1.29 is 8.42 Å². The Morgan fingerprint density at radius 1 is 0.897 bits per heavy atom. The number of hydrogen-bond acceptors (Lipinski definition) is 3. The molecule has 4 rings (SSSR count). The van der Waals surface area contributed by atoms with E-state index in [0.29, 0.717) is 16.4 Å². The minimum atomic E-state index is -3.93. The van der Waals surface area contributed by atoms with Crippen molar-refractivity contribution in [2.24, 2.45) is 5.14 Å². The molecule has 0 saturated heterocycles. The summed E-state index contributed by atoms with van der Waals surface area (Å²) < 4.78 is 25.9. The standard InChI is InChI=1S/C22H18ClN3O2S/c1-15-6-8-17(9-7-15)21-14-19(16-10-12-18(23)13-11-16)25-26(21)20-4-2-3-5-22(20)29(24,27)28/h2-14H,1H3,(H2,24,27,28). The van der Waals surface area contributed by atoms with E-state index in [1.807, 2.05) is 49.4 Å². The molecule has 0 saturated carbocycles. The quantitative estimate of drug-likeness (QED) is 0.511. The van der Waals surface area contributed by atoms with Crippen LogP contribution in [0, 0.1) is 6.92 Å². The van der Waals surface area contributed by atoms with Crippen molar-refractivity contribution in [2.45, 2.75) is 11.8 Å². The Bertz CT molecular complexity index is 1280. The molecule has 2 N–H and O–H groups in total. The van der Waals surface area contributed by atoms with Gasteiger partial charge in [-0.3, -0.25) is 0 Å². The summed E-state index contributed by atoms with van der Waals surface area (Å²) in [5, 5.41) is 10.8. The van der Waals surface area contributed by atoms with Gasteiger partial charge in [0, 0.05) is 16.1 Å². The highest BCUT2D eigenvalue weighted by Crippen LogP contribution is 2.31. The topological polar surface area (TPSA) is 78.0 Å². The van der Waals surface area contributed by atoms with Gasteiger partial charge in [-0.15, -0.1) is 0 Å². The number of benzene rings is 3. The van der Waals surface area contributed by atoms with E-state index in [1.165, 1.54) is 6.07 Å². The number of aromatic nitrogens is 2. The third kappa shape index (κ3) is 3.96. The molecule has 29 heavy (non-hydrogen) atoms. The smallest absolute Gasteiger partial charge is 0.231 e. The maximum Gasteiger partial charge on any atom is 0.240 e. The summed E-state index contributed by atoms with van der Waals surface area (Å²) in [5.41, 5.74) is 4.75. The third-order valence-corrected chi connectivity index (χ3v) is 5.81. The summed E-state index contributed by atoms with van der Waals surface area (Å²) in [6.45, 7) is 2.01. The maximum atomic E-state index is 12.2. The van der Waals surface area contributed by atoms with Crippen LogP contribution in [0.5, 0.6) is 0 Å². The lowest BCUT2D eigenvalue weighted by molar-refractivity contribution is 0.596. The first-order valence-corrected chi connectivity index (χ1v) is 10.8. The van der Waals surface area contributed by atoms with E-state index in [-0.39, 0.29) is 4.90 Å². The van der Waals surface area contributed by atoms with Gasteiger partial charge in [-0.2, -0.15) is 5.10 Å². The van der Waals surface area contributed by atoms with E-state index < -0.39 is 10.0 Å². The summed E-state index contributed by atoms with van der Waals surface area (Å²) in [6, 6.07) is 23.8. The molecule has 0 aliphatic heterocycles. The number of nitrogens with two attached hydrogens (primary N) is 1. The van der Waals surface area contributed by atoms with Crippen molar-refractivity contribution in [3.05, 3.63) is 89.4 Å². The number of nitrogens with zero attached hydrogens (tertiary/aromatic N) is 2. The third-order valence-electron chi connectivity index (χ3n) is 4.60. The number of halogens is 1. The second-order valence-corrected chi connectivity index (χ2v) is 8.68. The number of sulfonamides is 1. The second-order valence-electron chi connectivity index (χ2n) is 6.71. The normalized spacial score (nSPS) is 11.6. The molecule has 1 aromatic heterocycles. The molecule has 0 bridgehead atoms. The van der Waals surface area contributed by atoms with E-state index >= 15 is 0 Å². The Balaban J connectivity index is 1.98. The molecule has 3 aromatic carbocycles. The fourth-order valence-electron chi connectivity index (χ4n) is 3.13. The predicted octanol–water partition coefficient (Wildman–Crippen LogP) is 4.82. The van der Waals surface area contributed by atoms with Crippen LogP contribution < -0.4 is 5.14 Å². The number of rotatable bonds is 4. The lowest BCUT2D eigenvalue weighted by Gasteiger charge is -2.11. The molecule has 7 heteroatoms. The predicted molar refractivity (Wildman–Crippen MR) is 116 cm³/mol. The Labute approximate surface area is 174 Å². The number of para-hydroxylation sites is 1. The van der Waals surface area contributed by atoms with Crippen molar-refractivity contribution in [1.82, 2.24) is 9.78 Å². The SMILES string of the molecule is Cc1ccc(-c2cc(-c3ccc(Cl)cc3)nn2-c2ccccc2S(N)(=O)=O)cc1. The molecule has 0 amide bonds. The van der Waals surface area contributed by atoms with Gasteiger partial charge in [0.15, 0.2) is 0 Å². The van der Waals surface area contributed by atoms with Gasteiger partial charge in [0.1, 0.15) is 4.90 Å². The number of primary sulfonamides is 1. The molecule has 0 unspecified atom stereocenters. The van der Waals surface area contributed by atoms with Crippen LogP contribution in [0.1, 0.15) is 5.56 Å². The van der Waals surface area contributed by atoms with Crippen LogP contribution in [0.3, 0.4) is 0 Å². The molecule has 146 valence electrons. The van der Waals surface area contributed by atoms with Gasteiger partial charge >= 0.3 is 0 Å². The number of aryl methyl sites for hydroxylation is 1. The van der Waals surface area contributed by atoms with Crippen molar-refractivity contribution in [1.29, 1.82) is 0 Å². The highest BCUT2D eigenvalue weighted by atomic mass is 35.5. The molecule has 0 aliphatic carbocycles. The average molecular weight is 424 g/mol. The summed E-state index contributed by atoms with van der Waals surface area (Å²) in [7, 11) is -3.93. The molecular formula is C22H18ClN3O2S. The minimum Gasteiger partial charge on any atom is -0.231 e. The van der Waals surface area contributed by atoms with Crippen LogP contribution in [-0.2, 0) is 10.0 Å². The molecule has 0 radical (unpaired) electrons. The fourth-order valence-corrected chi connectivity index (χ4v) is 3.97. The first kappa shape index (κ1) is 19.4. The van der Waals surface area contributed by atoms with E-state index in [1.54, 1.807) is 35.0 Å². The molecule has 0 atom stereocenters. The van der Waals surface area contributed by atoms with Crippen LogP contribution >= 0.6 is 11.6 Å². The summed E-state index contributed by atoms with van der Waals surface area (Å²) in [6.07, 6.45) is 0. The average Bonchev–Trinajstić information content (AvgIpc) is 3.14. The monoisotopic (exact) mass is 423 g/mol. The summed E-state index contributed by atoms with van der Waals surface area (Å²) in [4.78, 5) is 0.0131. The number of hydrogen-bond donors (Lipinski definition) is 1. The lowest BCUT2D eigenvalue weighted by Crippen LogP contribution is -2.16. The molecule has 4 aromatic rings. The largest absolute Gasteiger partial charge is 0.240 e.